The van der Waals surface area contributed by atoms with Gasteiger partial charge in [-0.15, -0.1) is 0 Å². The van der Waals surface area contributed by atoms with E-state index in [0.29, 0.717) is 28.6 Å². The molecule has 0 spiro atoms. The second-order valence-electron chi connectivity index (χ2n) is 5.58. The molecule has 3 aromatic rings. The van der Waals surface area contributed by atoms with Crippen LogP contribution in [0.3, 0.4) is 0 Å². The van der Waals surface area contributed by atoms with Crippen LogP contribution in [-0.4, -0.2) is 13.2 Å². The second-order valence-corrected chi connectivity index (χ2v) is 5.58. The Kier molecular flexibility index (Phi) is 4.94. The molecule has 0 unspecified atom stereocenters. The molecule has 5 N–H and O–H groups in total. The van der Waals surface area contributed by atoms with Gasteiger partial charge in [0, 0.05) is 11.3 Å². The van der Waals surface area contributed by atoms with E-state index in [1.165, 1.54) is 0 Å². The van der Waals surface area contributed by atoms with Crippen LogP contribution in [0.25, 0.3) is 11.1 Å². The molecule has 0 fully saturated rings. The zero-order valence-corrected chi connectivity index (χ0v) is 14.2. The Morgan fingerprint density at radius 3 is 2.19 bits per heavy atom. The van der Waals surface area contributed by atoms with Crippen LogP contribution in [0.1, 0.15) is 0 Å². The van der Waals surface area contributed by atoms with Crippen LogP contribution in [0.2, 0.25) is 0 Å². The van der Waals surface area contributed by atoms with Crippen LogP contribution in [0.15, 0.2) is 66.7 Å². The van der Waals surface area contributed by atoms with E-state index < -0.39 is 6.09 Å². The number of nitrogens with one attached hydrogen (secondary N) is 1. The first-order chi connectivity index (χ1) is 12.6. The summed E-state index contributed by atoms with van der Waals surface area (Å²) >= 11 is 0. The number of carbonyl (C=O) groups is 1. The average Bonchev–Trinajstić information content (AvgIpc) is 2.65. The molecule has 3 aromatic carbocycles. The molecule has 0 aliphatic rings. The fourth-order valence-corrected chi connectivity index (χ4v) is 2.47. The number of hydrogen-bond acceptors (Lipinski definition) is 5. The zero-order chi connectivity index (χ0) is 18.5. The van der Waals surface area contributed by atoms with Crippen LogP contribution in [0.5, 0.6) is 11.5 Å². The Morgan fingerprint density at radius 1 is 0.885 bits per heavy atom. The predicted molar refractivity (Wildman–Crippen MR) is 103 cm³/mol. The van der Waals surface area contributed by atoms with E-state index in [2.05, 4.69) is 5.32 Å². The van der Waals surface area contributed by atoms with Gasteiger partial charge in [0.2, 0.25) is 0 Å². The number of rotatable bonds is 4. The predicted octanol–water partition coefficient (Wildman–Crippen LogP) is 4.14. The third kappa shape index (κ3) is 3.87. The maximum absolute atomic E-state index is 12.1. The molecule has 0 aliphatic carbocycles. The van der Waals surface area contributed by atoms with Crippen molar-refractivity contribution in [3.63, 3.8) is 0 Å². The van der Waals surface area contributed by atoms with E-state index in [-0.39, 0.29) is 0 Å². The quantitative estimate of drug-likeness (QED) is 0.615. The molecule has 0 saturated heterocycles. The summed E-state index contributed by atoms with van der Waals surface area (Å²) in [6.07, 6.45) is -0.628. The standard InChI is InChI=1S/C20H19N3O3/c1-25-15-9-11-16(12-10-15)26-20(24)23-18-4-2-3-17(19(18)22)13-5-7-14(21)8-6-13/h2-12H,21-22H2,1H3,(H,23,24). The van der Waals surface area contributed by atoms with Gasteiger partial charge in [0.1, 0.15) is 11.5 Å². The van der Waals surface area contributed by atoms with E-state index in [9.17, 15) is 4.79 Å². The van der Waals surface area contributed by atoms with E-state index in [1.807, 2.05) is 24.3 Å². The summed E-state index contributed by atoms with van der Waals surface area (Å²) in [5.74, 6) is 1.08. The van der Waals surface area contributed by atoms with Gasteiger partial charge in [0.05, 0.1) is 18.5 Å². The van der Waals surface area contributed by atoms with E-state index in [1.54, 1.807) is 49.6 Å². The molecule has 26 heavy (non-hydrogen) atoms. The van der Waals surface area contributed by atoms with Gasteiger partial charge in [-0.25, -0.2) is 4.79 Å². The van der Waals surface area contributed by atoms with Crippen molar-refractivity contribution in [2.45, 2.75) is 0 Å². The van der Waals surface area contributed by atoms with Crippen molar-refractivity contribution >= 4 is 23.2 Å². The lowest BCUT2D eigenvalue weighted by atomic mass is 10.0. The topological polar surface area (TPSA) is 99.6 Å². The molecule has 0 aromatic heterocycles. The number of para-hydroxylation sites is 1. The van der Waals surface area contributed by atoms with Crippen molar-refractivity contribution in [3.05, 3.63) is 66.7 Å². The summed E-state index contributed by atoms with van der Waals surface area (Å²) in [6, 6.07) is 19.5. The number of nitrogens with two attached hydrogens (primary N) is 2. The minimum absolute atomic E-state index is 0.400. The number of carbonyl (C=O) groups excluding carboxylic acids is 1. The van der Waals surface area contributed by atoms with Crippen LogP contribution in [0, 0.1) is 0 Å². The summed E-state index contributed by atoms with van der Waals surface area (Å²) in [5, 5.41) is 2.67. The first-order valence-corrected chi connectivity index (χ1v) is 7.94. The Bertz CT molecular complexity index is 907. The lowest BCUT2D eigenvalue weighted by molar-refractivity contribution is 0.215. The lowest BCUT2D eigenvalue weighted by Crippen LogP contribution is -2.17. The van der Waals surface area contributed by atoms with Gasteiger partial charge in [0.15, 0.2) is 0 Å². The third-order valence-corrected chi connectivity index (χ3v) is 3.83. The maximum Gasteiger partial charge on any atom is 0.417 e. The van der Waals surface area contributed by atoms with Gasteiger partial charge >= 0.3 is 6.09 Å². The minimum atomic E-state index is -0.628. The summed E-state index contributed by atoms with van der Waals surface area (Å²) in [7, 11) is 1.57. The van der Waals surface area contributed by atoms with Crippen molar-refractivity contribution < 1.29 is 14.3 Å². The lowest BCUT2D eigenvalue weighted by Gasteiger charge is -2.13. The monoisotopic (exact) mass is 349 g/mol. The molecule has 0 heterocycles. The van der Waals surface area contributed by atoms with Gasteiger partial charge in [-0.05, 0) is 48.0 Å². The molecule has 0 aliphatic heterocycles. The van der Waals surface area contributed by atoms with Crippen LogP contribution in [0.4, 0.5) is 21.9 Å². The fourth-order valence-electron chi connectivity index (χ4n) is 2.47. The Labute approximate surface area is 151 Å². The largest absolute Gasteiger partial charge is 0.497 e. The molecule has 132 valence electrons. The average molecular weight is 349 g/mol. The SMILES string of the molecule is COc1ccc(OC(=O)Nc2cccc(-c3ccc(N)cc3)c2N)cc1. The summed E-state index contributed by atoms with van der Waals surface area (Å²) in [5.41, 5.74) is 15.2. The van der Waals surface area contributed by atoms with Crippen LogP contribution in [-0.2, 0) is 0 Å². The Hall–Kier alpha value is -3.67. The fraction of sp³-hybridized carbons (Fsp3) is 0.0500. The highest BCUT2D eigenvalue weighted by Crippen LogP contribution is 2.32. The third-order valence-electron chi connectivity index (χ3n) is 3.83. The van der Waals surface area contributed by atoms with E-state index in [0.717, 1.165) is 11.1 Å². The van der Waals surface area contributed by atoms with Crippen molar-refractivity contribution in [2.24, 2.45) is 0 Å². The molecule has 1 amide bonds. The summed E-state index contributed by atoms with van der Waals surface area (Å²) in [4.78, 5) is 12.1. The Morgan fingerprint density at radius 2 is 1.54 bits per heavy atom. The van der Waals surface area contributed by atoms with Crippen molar-refractivity contribution in [1.29, 1.82) is 0 Å². The van der Waals surface area contributed by atoms with Gasteiger partial charge in [-0.1, -0.05) is 24.3 Å². The summed E-state index contributed by atoms with van der Waals surface area (Å²) in [6.45, 7) is 0. The minimum Gasteiger partial charge on any atom is -0.497 e. The van der Waals surface area contributed by atoms with E-state index >= 15 is 0 Å². The van der Waals surface area contributed by atoms with Crippen LogP contribution < -0.4 is 26.3 Å². The van der Waals surface area contributed by atoms with Gasteiger partial charge in [0.25, 0.3) is 0 Å². The number of amides is 1. The molecule has 0 atom stereocenters. The van der Waals surface area contributed by atoms with Crippen LogP contribution >= 0.6 is 0 Å². The zero-order valence-electron chi connectivity index (χ0n) is 14.2. The Balaban J connectivity index is 1.75. The van der Waals surface area contributed by atoms with Crippen molar-refractivity contribution in [2.75, 3.05) is 23.9 Å². The number of benzene rings is 3. The number of methoxy groups -OCH3 is 1. The van der Waals surface area contributed by atoms with Crippen molar-refractivity contribution in [1.82, 2.24) is 0 Å². The first-order valence-electron chi connectivity index (χ1n) is 7.94. The molecule has 3 rings (SSSR count). The highest BCUT2D eigenvalue weighted by molar-refractivity contribution is 5.95. The molecular formula is C20H19N3O3. The van der Waals surface area contributed by atoms with Gasteiger partial charge in [-0.3, -0.25) is 5.32 Å². The highest BCUT2D eigenvalue weighted by Gasteiger charge is 2.11. The molecular weight excluding hydrogens is 330 g/mol. The molecule has 6 nitrogen and oxygen atoms in total. The number of anilines is 3. The number of hydrogen-bond donors (Lipinski definition) is 3. The molecule has 0 bridgehead atoms. The van der Waals surface area contributed by atoms with Gasteiger partial charge < -0.3 is 20.9 Å². The molecule has 0 radical (unpaired) electrons. The van der Waals surface area contributed by atoms with E-state index in [4.69, 9.17) is 20.9 Å². The maximum atomic E-state index is 12.1. The normalized spacial score (nSPS) is 10.2. The smallest absolute Gasteiger partial charge is 0.417 e. The molecule has 6 heteroatoms. The van der Waals surface area contributed by atoms with Gasteiger partial charge in [-0.2, -0.15) is 0 Å². The molecule has 0 saturated carbocycles. The second kappa shape index (κ2) is 7.48. The first kappa shape index (κ1) is 17.2. The number of nitrogen functional groups attached to an aromatic ring is 2. The highest BCUT2D eigenvalue weighted by atomic mass is 16.6. The van der Waals surface area contributed by atoms with Crippen molar-refractivity contribution in [3.8, 4) is 22.6 Å². The summed E-state index contributed by atoms with van der Waals surface area (Å²) < 4.78 is 10.3. The number of ether oxygens (including phenoxy) is 2.